The van der Waals surface area contributed by atoms with Crippen LogP contribution in [0.1, 0.15) is 23.7 Å². The average Bonchev–Trinajstić information content (AvgIpc) is 2.17. The summed E-state index contributed by atoms with van der Waals surface area (Å²) in [5.74, 6) is -0.412. The highest BCUT2D eigenvalue weighted by atomic mass is 79.9. The Balaban J connectivity index is 2.82. The predicted molar refractivity (Wildman–Crippen MR) is 60.5 cm³/mol. The molecule has 0 saturated heterocycles. The Morgan fingerprint density at radius 3 is 2.80 bits per heavy atom. The summed E-state index contributed by atoms with van der Waals surface area (Å²) < 4.78 is 5.45. The molecular weight excluding hydrogens is 260 g/mol. The minimum absolute atomic E-state index is 0.0149. The molecule has 0 heterocycles. The number of carbonyl (C=O) groups excluding carboxylic acids is 1. The lowest BCUT2D eigenvalue weighted by Gasteiger charge is -2.12. The minimum atomic E-state index is -0.800. The molecule has 1 N–H and O–H groups in total. The molecule has 0 aromatic heterocycles. The molecule has 0 spiro atoms. The molecule has 0 saturated carbocycles. The summed E-state index contributed by atoms with van der Waals surface area (Å²) in [6.45, 7) is 1.89. The number of rotatable bonds is 3. The number of carbonyl (C=O) groups is 1. The van der Waals surface area contributed by atoms with E-state index in [0.29, 0.717) is 0 Å². The van der Waals surface area contributed by atoms with E-state index in [9.17, 15) is 9.90 Å². The third kappa shape index (κ3) is 3.32. The number of hydrogen-bond donors (Lipinski definition) is 1. The number of hydrogen-bond acceptors (Lipinski definition) is 3. The van der Waals surface area contributed by atoms with Gasteiger partial charge in [-0.1, -0.05) is 22.0 Å². The van der Waals surface area contributed by atoms with E-state index in [1.807, 2.05) is 19.1 Å². The SMILES string of the molecule is COC(=O)C[C@H](O)c1ccc(Br)cc1C. The standard InChI is InChI=1S/C11H13BrO3/c1-7-5-8(12)3-4-9(7)10(13)6-11(14)15-2/h3-5,10,13H,6H2,1-2H3/t10-/m0/s1. The van der Waals surface area contributed by atoms with Crippen molar-refractivity contribution in [2.24, 2.45) is 0 Å². The summed E-state index contributed by atoms with van der Waals surface area (Å²) >= 11 is 3.34. The van der Waals surface area contributed by atoms with Crippen molar-refractivity contribution in [2.45, 2.75) is 19.4 Å². The van der Waals surface area contributed by atoms with E-state index >= 15 is 0 Å². The Bertz CT molecular complexity index is 363. The normalized spacial score (nSPS) is 12.3. The van der Waals surface area contributed by atoms with Gasteiger partial charge in [0, 0.05) is 4.47 Å². The van der Waals surface area contributed by atoms with E-state index in [1.165, 1.54) is 7.11 Å². The Morgan fingerprint density at radius 1 is 1.60 bits per heavy atom. The molecule has 0 aliphatic rings. The summed E-state index contributed by atoms with van der Waals surface area (Å²) in [5.41, 5.74) is 1.70. The minimum Gasteiger partial charge on any atom is -0.469 e. The number of aryl methyl sites for hydroxylation is 1. The maximum Gasteiger partial charge on any atom is 0.308 e. The largest absolute Gasteiger partial charge is 0.469 e. The van der Waals surface area contributed by atoms with E-state index in [0.717, 1.165) is 15.6 Å². The topological polar surface area (TPSA) is 46.5 Å². The number of halogens is 1. The summed E-state index contributed by atoms with van der Waals surface area (Å²) in [7, 11) is 1.31. The van der Waals surface area contributed by atoms with Crippen molar-refractivity contribution in [1.82, 2.24) is 0 Å². The van der Waals surface area contributed by atoms with E-state index in [4.69, 9.17) is 0 Å². The van der Waals surface area contributed by atoms with Crippen molar-refractivity contribution in [2.75, 3.05) is 7.11 Å². The number of benzene rings is 1. The first-order valence-electron chi connectivity index (χ1n) is 4.55. The van der Waals surface area contributed by atoms with E-state index in [1.54, 1.807) is 6.07 Å². The number of methoxy groups -OCH3 is 1. The first kappa shape index (κ1) is 12.2. The van der Waals surface area contributed by atoms with E-state index < -0.39 is 12.1 Å². The van der Waals surface area contributed by atoms with Gasteiger partial charge in [0.25, 0.3) is 0 Å². The van der Waals surface area contributed by atoms with Crippen LogP contribution >= 0.6 is 15.9 Å². The van der Waals surface area contributed by atoms with Crippen molar-refractivity contribution < 1.29 is 14.6 Å². The molecular formula is C11H13BrO3. The van der Waals surface area contributed by atoms with Crippen molar-refractivity contribution in [1.29, 1.82) is 0 Å². The van der Waals surface area contributed by atoms with Gasteiger partial charge in [0.05, 0.1) is 19.6 Å². The lowest BCUT2D eigenvalue weighted by Crippen LogP contribution is -2.09. The highest BCUT2D eigenvalue weighted by Crippen LogP contribution is 2.23. The van der Waals surface area contributed by atoms with Crippen molar-refractivity contribution in [3.63, 3.8) is 0 Å². The molecule has 15 heavy (non-hydrogen) atoms. The molecule has 0 aliphatic carbocycles. The van der Waals surface area contributed by atoms with Gasteiger partial charge in [0.2, 0.25) is 0 Å². The second-order valence-corrected chi connectivity index (χ2v) is 4.21. The van der Waals surface area contributed by atoms with Gasteiger partial charge in [-0.2, -0.15) is 0 Å². The van der Waals surface area contributed by atoms with Gasteiger partial charge in [-0.05, 0) is 30.2 Å². The van der Waals surface area contributed by atoms with Crippen molar-refractivity contribution in [3.05, 3.63) is 33.8 Å². The predicted octanol–water partition coefficient (Wildman–Crippen LogP) is 2.35. The first-order chi connectivity index (χ1) is 7.04. The number of ether oxygens (including phenoxy) is 1. The second-order valence-electron chi connectivity index (χ2n) is 3.30. The van der Waals surface area contributed by atoms with Gasteiger partial charge in [-0.25, -0.2) is 0 Å². The van der Waals surface area contributed by atoms with Gasteiger partial charge in [0.1, 0.15) is 0 Å². The monoisotopic (exact) mass is 272 g/mol. The van der Waals surface area contributed by atoms with Crippen LogP contribution in [0.25, 0.3) is 0 Å². The summed E-state index contributed by atoms with van der Waals surface area (Å²) in [4.78, 5) is 11.0. The van der Waals surface area contributed by atoms with Crippen LogP contribution in [0.5, 0.6) is 0 Å². The third-order valence-electron chi connectivity index (χ3n) is 2.18. The second kappa shape index (κ2) is 5.28. The molecule has 4 heteroatoms. The summed E-state index contributed by atoms with van der Waals surface area (Å²) in [6, 6.07) is 5.53. The Morgan fingerprint density at radius 2 is 2.27 bits per heavy atom. The average molecular weight is 273 g/mol. The van der Waals surface area contributed by atoms with Gasteiger partial charge in [-0.15, -0.1) is 0 Å². The van der Waals surface area contributed by atoms with Crippen LogP contribution in [0, 0.1) is 6.92 Å². The first-order valence-corrected chi connectivity index (χ1v) is 5.35. The highest BCUT2D eigenvalue weighted by molar-refractivity contribution is 9.10. The third-order valence-corrected chi connectivity index (χ3v) is 2.67. The van der Waals surface area contributed by atoms with Gasteiger partial charge in [0.15, 0.2) is 0 Å². The number of aliphatic hydroxyl groups is 1. The Kier molecular flexibility index (Phi) is 4.29. The fraction of sp³-hybridized carbons (Fsp3) is 0.364. The molecule has 0 fully saturated rings. The van der Waals surface area contributed by atoms with Crippen molar-refractivity contribution in [3.8, 4) is 0 Å². The van der Waals surface area contributed by atoms with Crippen LogP contribution in [-0.2, 0) is 9.53 Å². The van der Waals surface area contributed by atoms with Gasteiger partial charge < -0.3 is 9.84 Å². The smallest absolute Gasteiger partial charge is 0.308 e. The van der Waals surface area contributed by atoms with Crippen molar-refractivity contribution >= 4 is 21.9 Å². The van der Waals surface area contributed by atoms with Crippen LogP contribution in [0.2, 0.25) is 0 Å². The fourth-order valence-electron chi connectivity index (χ4n) is 1.36. The zero-order chi connectivity index (χ0) is 11.4. The molecule has 1 rings (SSSR count). The molecule has 0 radical (unpaired) electrons. The Labute approximate surface area is 97.2 Å². The van der Waals surface area contributed by atoms with Crippen LogP contribution in [0.4, 0.5) is 0 Å². The lowest BCUT2D eigenvalue weighted by atomic mass is 10.0. The van der Waals surface area contributed by atoms with Crippen LogP contribution in [0.15, 0.2) is 22.7 Å². The molecule has 1 aromatic carbocycles. The number of esters is 1. The molecule has 0 amide bonds. The van der Waals surface area contributed by atoms with Crippen LogP contribution < -0.4 is 0 Å². The maximum atomic E-state index is 11.0. The quantitative estimate of drug-likeness (QED) is 0.860. The molecule has 0 aliphatic heterocycles. The molecule has 1 aromatic rings. The lowest BCUT2D eigenvalue weighted by molar-refractivity contribution is -0.142. The molecule has 0 bridgehead atoms. The number of aliphatic hydroxyl groups excluding tert-OH is 1. The molecule has 1 atom stereocenters. The van der Waals surface area contributed by atoms with Crippen LogP contribution in [0.3, 0.4) is 0 Å². The maximum absolute atomic E-state index is 11.0. The van der Waals surface area contributed by atoms with Crippen LogP contribution in [-0.4, -0.2) is 18.2 Å². The molecule has 82 valence electrons. The van der Waals surface area contributed by atoms with E-state index in [2.05, 4.69) is 20.7 Å². The fourth-order valence-corrected chi connectivity index (χ4v) is 1.84. The van der Waals surface area contributed by atoms with Gasteiger partial charge in [-0.3, -0.25) is 4.79 Å². The van der Waals surface area contributed by atoms with Gasteiger partial charge >= 0.3 is 5.97 Å². The summed E-state index contributed by atoms with van der Waals surface area (Å²) in [6.07, 6.45) is -0.815. The van der Waals surface area contributed by atoms with E-state index in [-0.39, 0.29) is 6.42 Å². The zero-order valence-corrected chi connectivity index (χ0v) is 10.2. The highest BCUT2D eigenvalue weighted by Gasteiger charge is 2.15. The molecule has 0 unspecified atom stereocenters. The molecule has 3 nitrogen and oxygen atoms in total. The summed E-state index contributed by atoms with van der Waals surface area (Å²) in [5, 5.41) is 9.78. The Hall–Kier alpha value is -0.870. The zero-order valence-electron chi connectivity index (χ0n) is 8.66.